The number of hydrogen-bond donors (Lipinski definition) is 1. The van der Waals surface area contributed by atoms with Crippen LogP contribution in [0.1, 0.15) is 29.3 Å². The normalized spacial score (nSPS) is 17.2. The Morgan fingerprint density at radius 1 is 1.18 bits per heavy atom. The molecule has 7 nitrogen and oxygen atoms in total. The van der Waals surface area contributed by atoms with Gasteiger partial charge in [-0.05, 0) is 42.8 Å². The number of nitrogens with zero attached hydrogens (tertiary/aromatic N) is 2. The van der Waals surface area contributed by atoms with Crippen molar-refractivity contribution < 1.29 is 19.1 Å². The molecule has 2 aliphatic heterocycles. The van der Waals surface area contributed by atoms with Gasteiger partial charge in [0, 0.05) is 25.2 Å². The number of esters is 1. The Labute approximate surface area is 163 Å². The van der Waals surface area contributed by atoms with Crippen molar-refractivity contribution in [3.63, 3.8) is 0 Å². The van der Waals surface area contributed by atoms with Gasteiger partial charge < -0.3 is 14.4 Å². The van der Waals surface area contributed by atoms with Crippen LogP contribution in [0.2, 0.25) is 0 Å². The van der Waals surface area contributed by atoms with Gasteiger partial charge in [-0.3, -0.25) is 5.32 Å². The first-order valence-electron chi connectivity index (χ1n) is 9.30. The molecule has 0 aromatic heterocycles. The quantitative estimate of drug-likeness (QED) is 0.819. The molecule has 2 heterocycles. The first-order valence-corrected chi connectivity index (χ1v) is 9.30. The second-order valence-corrected chi connectivity index (χ2v) is 6.63. The Kier molecular flexibility index (Phi) is 4.97. The van der Waals surface area contributed by atoms with E-state index in [2.05, 4.69) is 21.3 Å². The molecule has 0 aliphatic carbocycles. The minimum Gasteiger partial charge on any atom is -0.462 e. The Morgan fingerprint density at radius 2 is 1.96 bits per heavy atom. The number of amidine groups is 1. The molecular weight excluding hydrogens is 358 g/mol. The van der Waals surface area contributed by atoms with Crippen LogP contribution in [0.4, 0.5) is 16.2 Å². The molecule has 1 atom stereocenters. The number of aliphatic imine (C=N–C) groups is 1. The van der Waals surface area contributed by atoms with Crippen LogP contribution in [0.25, 0.3) is 0 Å². The number of para-hydroxylation sites is 1. The summed E-state index contributed by atoms with van der Waals surface area (Å²) in [7, 11) is 0. The minimum atomic E-state index is -0.544. The third kappa shape index (κ3) is 3.69. The average molecular weight is 379 g/mol. The predicted molar refractivity (Wildman–Crippen MR) is 105 cm³/mol. The van der Waals surface area contributed by atoms with Crippen molar-refractivity contribution in [1.82, 2.24) is 4.90 Å². The van der Waals surface area contributed by atoms with Crippen LogP contribution in [0.3, 0.4) is 0 Å². The van der Waals surface area contributed by atoms with Crippen molar-refractivity contribution in [3.8, 4) is 0 Å². The summed E-state index contributed by atoms with van der Waals surface area (Å²) in [5, 5.41) is 2.69. The molecule has 0 bridgehead atoms. The summed E-state index contributed by atoms with van der Waals surface area (Å²) < 4.78 is 10.5. The number of carbonyl (C=O) groups excluding carboxylic acids is 2. The summed E-state index contributed by atoms with van der Waals surface area (Å²) >= 11 is 0. The second-order valence-electron chi connectivity index (χ2n) is 6.63. The van der Waals surface area contributed by atoms with Crippen LogP contribution in [-0.2, 0) is 16.0 Å². The highest BCUT2D eigenvalue weighted by Crippen LogP contribution is 2.31. The van der Waals surface area contributed by atoms with Gasteiger partial charge in [-0.15, -0.1) is 0 Å². The summed E-state index contributed by atoms with van der Waals surface area (Å²) in [5.41, 5.74) is 3.09. The number of amides is 1. The first kappa shape index (κ1) is 18.0. The van der Waals surface area contributed by atoms with Gasteiger partial charge in [-0.1, -0.05) is 18.2 Å². The molecule has 2 aromatic carbocycles. The molecule has 2 aromatic rings. The van der Waals surface area contributed by atoms with Crippen LogP contribution in [0.5, 0.6) is 0 Å². The van der Waals surface area contributed by atoms with Crippen molar-refractivity contribution in [3.05, 3.63) is 59.7 Å². The van der Waals surface area contributed by atoms with Crippen LogP contribution in [0.15, 0.2) is 53.5 Å². The first-order chi connectivity index (χ1) is 13.6. The monoisotopic (exact) mass is 379 g/mol. The fourth-order valence-corrected chi connectivity index (χ4v) is 3.40. The molecule has 0 radical (unpaired) electrons. The molecule has 1 N–H and O–H groups in total. The average Bonchev–Trinajstić information content (AvgIpc) is 3.08. The zero-order valence-corrected chi connectivity index (χ0v) is 15.6. The lowest BCUT2D eigenvalue weighted by atomic mass is 10.1. The lowest BCUT2D eigenvalue weighted by molar-refractivity contribution is 0.0526. The summed E-state index contributed by atoms with van der Waals surface area (Å²) in [6, 6.07) is 14.5. The fourth-order valence-electron chi connectivity index (χ4n) is 3.40. The van der Waals surface area contributed by atoms with E-state index in [1.54, 1.807) is 31.2 Å². The maximum atomic E-state index is 12.3. The molecule has 0 saturated carbocycles. The molecule has 0 spiro atoms. The molecule has 1 saturated heterocycles. The van der Waals surface area contributed by atoms with Gasteiger partial charge in [-0.25, -0.2) is 14.6 Å². The Bertz CT molecular complexity index is 924. The molecule has 28 heavy (non-hydrogen) atoms. The summed E-state index contributed by atoms with van der Waals surface area (Å²) in [6.45, 7) is 3.66. The molecule has 2 aliphatic rings. The fraction of sp³-hybridized carbons (Fsp3) is 0.286. The number of hydrogen-bond acceptors (Lipinski definition) is 6. The van der Waals surface area contributed by atoms with Crippen molar-refractivity contribution >= 4 is 29.3 Å². The molecule has 4 rings (SSSR count). The number of fused-ring (bicyclic) bond motifs is 2. The maximum absolute atomic E-state index is 12.3. The highest BCUT2D eigenvalue weighted by molar-refractivity contribution is 5.95. The highest BCUT2D eigenvalue weighted by Gasteiger charge is 2.35. The third-order valence-corrected chi connectivity index (χ3v) is 4.75. The summed E-state index contributed by atoms with van der Waals surface area (Å²) in [5.74, 6) is 0.407. The number of rotatable bonds is 4. The lowest BCUT2D eigenvalue weighted by Crippen LogP contribution is -2.34. The van der Waals surface area contributed by atoms with Gasteiger partial charge in [0.05, 0.1) is 17.9 Å². The Hall–Kier alpha value is -3.35. The van der Waals surface area contributed by atoms with E-state index in [-0.39, 0.29) is 6.10 Å². The number of nitrogens with one attached hydrogen (secondary N) is 1. The minimum absolute atomic E-state index is 0.317. The molecule has 1 amide bonds. The Balaban J connectivity index is 1.39. The molecule has 144 valence electrons. The van der Waals surface area contributed by atoms with E-state index in [0.29, 0.717) is 24.3 Å². The third-order valence-electron chi connectivity index (χ3n) is 4.75. The summed E-state index contributed by atoms with van der Waals surface area (Å²) in [4.78, 5) is 30.8. The standard InChI is InChI=1S/C21H21N3O4/c1-2-27-20(25)14-7-9-16(10-8-14)22-21(26)28-18-11-12-24-13-15-5-3-4-6-17(15)23-19(18)24/h3-10,18H,2,11-13H2,1H3,(H,22,26). The van der Waals surface area contributed by atoms with Crippen LogP contribution in [0, 0.1) is 0 Å². The van der Waals surface area contributed by atoms with E-state index in [4.69, 9.17) is 9.47 Å². The largest absolute Gasteiger partial charge is 0.462 e. The summed E-state index contributed by atoms with van der Waals surface area (Å²) in [6.07, 6.45) is -0.202. The topological polar surface area (TPSA) is 80.2 Å². The highest BCUT2D eigenvalue weighted by atomic mass is 16.6. The zero-order valence-electron chi connectivity index (χ0n) is 15.6. The molecule has 7 heteroatoms. The van der Waals surface area contributed by atoms with Gasteiger partial charge in [0.1, 0.15) is 5.84 Å². The van der Waals surface area contributed by atoms with E-state index >= 15 is 0 Å². The van der Waals surface area contributed by atoms with E-state index in [0.717, 1.165) is 24.6 Å². The molecule has 1 unspecified atom stereocenters. The zero-order chi connectivity index (χ0) is 19.5. The van der Waals surface area contributed by atoms with Gasteiger partial charge in [0.2, 0.25) is 0 Å². The van der Waals surface area contributed by atoms with E-state index in [1.807, 2.05) is 18.2 Å². The molecule has 1 fully saturated rings. The van der Waals surface area contributed by atoms with Gasteiger partial charge in [-0.2, -0.15) is 0 Å². The smallest absolute Gasteiger partial charge is 0.412 e. The lowest BCUT2D eigenvalue weighted by Gasteiger charge is -2.26. The number of carbonyl (C=O) groups is 2. The van der Waals surface area contributed by atoms with Crippen molar-refractivity contribution in [2.75, 3.05) is 18.5 Å². The molecular formula is C21H21N3O4. The maximum Gasteiger partial charge on any atom is 0.412 e. The van der Waals surface area contributed by atoms with Crippen molar-refractivity contribution in [2.24, 2.45) is 4.99 Å². The van der Waals surface area contributed by atoms with E-state index in [9.17, 15) is 9.59 Å². The SMILES string of the molecule is CCOC(=O)c1ccc(NC(=O)OC2CCN3Cc4ccccc4N=C23)cc1. The second kappa shape index (κ2) is 7.72. The number of anilines is 1. The van der Waals surface area contributed by atoms with Crippen molar-refractivity contribution in [2.45, 2.75) is 26.0 Å². The number of benzene rings is 2. The van der Waals surface area contributed by atoms with Crippen molar-refractivity contribution in [1.29, 1.82) is 0 Å². The van der Waals surface area contributed by atoms with Gasteiger partial charge >= 0.3 is 12.1 Å². The van der Waals surface area contributed by atoms with E-state index in [1.165, 1.54) is 5.56 Å². The van der Waals surface area contributed by atoms with Crippen LogP contribution in [-0.4, -0.2) is 42.1 Å². The predicted octanol–water partition coefficient (Wildman–Crippen LogP) is 3.73. The van der Waals surface area contributed by atoms with Gasteiger partial charge in [0.25, 0.3) is 0 Å². The van der Waals surface area contributed by atoms with Gasteiger partial charge in [0.15, 0.2) is 6.10 Å². The number of ether oxygens (including phenoxy) is 2. The van der Waals surface area contributed by atoms with Crippen LogP contribution >= 0.6 is 0 Å². The Morgan fingerprint density at radius 3 is 2.75 bits per heavy atom. The van der Waals surface area contributed by atoms with Crippen LogP contribution < -0.4 is 5.32 Å². The van der Waals surface area contributed by atoms with E-state index < -0.39 is 12.1 Å².